The highest BCUT2D eigenvalue weighted by atomic mass is 32.2. The number of hydrogen-bond acceptors (Lipinski definition) is 7. The van der Waals surface area contributed by atoms with Crippen molar-refractivity contribution in [2.75, 3.05) is 13.3 Å². The van der Waals surface area contributed by atoms with Crippen LogP contribution in [0.25, 0.3) is 17.4 Å². The molecule has 1 N–H and O–H groups in total. The molecule has 0 bridgehead atoms. The van der Waals surface area contributed by atoms with Crippen LogP contribution in [-0.4, -0.2) is 39.5 Å². The molecule has 27 heavy (non-hydrogen) atoms. The van der Waals surface area contributed by atoms with Crippen LogP contribution in [0.15, 0.2) is 39.7 Å². The molecule has 2 aromatic rings. The smallest absolute Gasteiger partial charge is 0.305 e. The number of aliphatic carboxylic acids is 1. The molecule has 2 aliphatic heterocycles. The third-order valence-electron chi connectivity index (χ3n) is 3.98. The summed E-state index contributed by atoms with van der Waals surface area (Å²) in [4.78, 5) is 24.8. The highest BCUT2D eigenvalue weighted by molar-refractivity contribution is 8.26. The third-order valence-corrected chi connectivity index (χ3v) is 5.36. The third kappa shape index (κ3) is 3.56. The Kier molecular flexibility index (Phi) is 4.63. The Morgan fingerprint density at radius 2 is 2.07 bits per heavy atom. The Hall–Kier alpha value is -2.78. The summed E-state index contributed by atoms with van der Waals surface area (Å²) in [7, 11) is 0. The summed E-state index contributed by atoms with van der Waals surface area (Å²) in [5.41, 5.74) is 0.827. The first-order valence-corrected chi connectivity index (χ1v) is 9.21. The summed E-state index contributed by atoms with van der Waals surface area (Å²) in [6.07, 6.45) is 1.45. The average Bonchev–Trinajstić information content (AvgIpc) is 3.34. The quantitative estimate of drug-likeness (QED) is 0.601. The fourth-order valence-electron chi connectivity index (χ4n) is 2.66. The Bertz CT molecular complexity index is 980. The van der Waals surface area contributed by atoms with Gasteiger partial charge in [0.1, 0.15) is 15.8 Å². The second-order valence-electron chi connectivity index (χ2n) is 5.75. The maximum absolute atomic E-state index is 12.4. The van der Waals surface area contributed by atoms with E-state index in [-0.39, 0.29) is 25.7 Å². The molecular weight excluding hydrogens is 390 g/mol. The SMILES string of the molecule is O=C(O)CCN1C(=O)/C(=C\c2ccc(-c3ccc4c(c3)OCO4)o2)SC1=S. The molecule has 1 aromatic heterocycles. The van der Waals surface area contributed by atoms with Gasteiger partial charge < -0.3 is 19.0 Å². The van der Waals surface area contributed by atoms with Crippen molar-refractivity contribution in [3.63, 3.8) is 0 Å². The number of carboxylic acid groups (broad SMARTS) is 1. The molecule has 1 amide bonds. The zero-order valence-electron chi connectivity index (χ0n) is 13.8. The number of rotatable bonds is 5. The van der Waals surface area contributed by atoms with Gasteiger partial charge in [-0.3, -0.25) is 14.5 Å². The van der Waals surface area contributed by atoms with Gasteiger partial charge in [-0.2, -0.15) is 0 Å². The number of thioether (sulfide) groups is 1. The minimum absolute atomic E-state index is 0.0535. The molecular formula is C18H13NO6S2. The maximum atomic E-state index is 12.4. The van der Waals surface area contributed by atoms with Gasteiger partial charge in [0.05, 0.1) is 11.3 Å². The lowest BCUT2D eigenvalue weighted by molar-refractivity contribution is -0.137. The van der Waals surface area contributed by atoms with Gasteiger partial charge in [-0.1, -0.05) is 24.0 Å². The van der Waals surface area contributed by atoms with Crippen LogP contribution in [0.5, 0.6) is 11.5 Å². The number of carbonyl (C=O) groups is 2. The van der Waals surface area contributed by atoms with E-state index < -0.39 is 5.97 Å². The Balaban J connectivity index is 1.53. The molecule has 4 rings (SSSR count). The number of nitrogens with zero attached hydrogens (tertiary/aromatic N) is 1. The molecule has 0 radical (unpaired) electrons. The maximum Gasteiger partial charge on any atom is 0.305 e. The number of hydrogen-bond donors (Lipinski definition) is 1. The first-order chi connectivity index (χ1) is 13.0. The van der Waals surface area contributed by atoms with E-state index in [0.29, 0.717) is 32.2 Å². The predicted octanol–water partition coefficient (Wildman–Crippen LogP) is 3.35. The summed E-state index contributed by atoms with van der Waals surface area (Å²) >= 11 is 6.30. The van der Waals surface area contributed by atoms with Gasteiger partial charge in [0.2, 0.25) is 6.79 Å². The number of amides is 1. The van der Waals surface area contributed by atoms with Gasteiger partial charge in [0.15, 0.2) is 11.5 Å². The Labute approximate surface area is 163 Å². The van der Waals surface area contributed by atoms with Crippen molar-refractivity contribution in [2.24, 2.45) is 0 Å². The van der Waals surface area contributed by atoms with Crippen molar-refractivity contribution < 1.29 is 28.6 Å². The lowest BCUT2D eigenvalue weighted by Gasteiger charge is -2.12. The van der Waals surface area contributed by atoms with Gasteiger partial charge in [0.25, 0.3) is 5.91 Å². The van der Waals surface area contributed by atoms with Crippen LogP contribution in [0.1, 0.15) is 12.2 Å². The fourth-order valence-corrected chi connectivity index (χ4v) is 3.95. The van der Waals surface area contributed by atoms with Crippen LogP contribution in [0.4, 0.5) is 0 Å². The molecule has 1 fully saturated rings. The number of ether oxygens (including phenoxy) is 2. The largest absolute Gasteiger partial charge is 0.481 e. The van der Waals surface area contributed by atoms with Crippen molar-refractivity contribution in [1.82, 2.24) is 4.90 Å². The summed E-state index contributed by atoms with van der Waals surface area (Å²) in [6.45, 7) is 0.254. The lowest BCUT2D eigenvalue weighted by Crippen LogP contribution is -2.30. The molecule has 9 heteroatoms. The molecule has 0 saturated carbocycles. The van der Waals surface area contributed by atoms with E-state index in [1.165, 1.54) is 4.90 Å². The first-order valence-electron chi connectivity index (χ1n) is 7.98. The van der Waals surface area contributed by atoms with Crippen molar-refractivity contribution in [1.29, 1.82) is 0 Å². The minimum atomic E-state index is -0.979. The van der Waals surface area contributed by atoms with Crippen LogP contribution in [-0.2, 0) is 9.59 Å². The molecule has 0 atom stereocenters. The van der Waals surface area contributed by atoms with Crippen LogP contribution >= 0.6 is 24.0 Å². The van der Waals surface area contributed by atoms with Gasteiger partial charge >= 0.3 is 5.97 Å². The van der Waals surface area contributed by atoms with Gasteiger partial charge in [-0.15, -0.1) is 0 Å². The van der Waals surface area contributed by atoms with E-state index in [1.807, 2.05) is 18.2 Å². The van der Waals surface area contributed by atoms with E-state index >= 15 is 0 Å². The van der Waals surface area contributed by atoms with Crippen LogP contribution in [0, 0.1) is 0 Å². The van der Waals surface area contributed by atoms with Crippen molar-refractivity contribution in [2.45, 2.75) is 6.42 Å². The number of carboxylic acids is 1. The second kappa shape index (κ2) is 7.09. The van der Waals surface area contributed by atoms with E-state index in [9.17, 15) is 9.59 Å². The standard InChI is InChI=1S/C18H13NO6S2/c20-16(21)5-6-19-17(22)15(27-18(19)26)8-11-2-4-12(25-11)10-1-3-13-14(7-10)24-9-23-13/h1-4,7-8H,5-6,9H2,(H,20,21)/b15-8+. The monoisotopic (exact) mass is 403 g/mol. The molecule has 0 spiro atoms. The van der Waals surface area contributed by atoms with E-state index in [4.69, 9.17) is 31.2 Å². The summed E-state index contributed by atoms with van der Waals surface area (Å²) in [5.74, 6) is 1.18. The first kappa shape index (κ1) is 17.6. The van der Waals surface area contributed by atoms with E-state index in [0.717, 1.165) is 17.3 Å². The molecule has 1 saturated heterocycles. The van der Waals surface area contributed by atoms with Gasteiger partial charge in [-0.25, -0.2) is 0 Å². The highest BCUT2D eigenvalue weighted by Crippen LogP contribution is 2.37. The second-order valence-corrected chi connectivity index (χ2v) is 7.42. The normalized spacial score (nSPS) is 17.2. The summed E-state index contributed by atoms with van der Waals surface area (Å²) in [5, 5.41) is 8.78. The molecule has 0 aliphatic carbocycles. The molecule has 3 heterocycles. The fraction of sp³-hybridized carbons (Fsp3) is 0.167. The summed E-state index contributed by atoms with van der Waals surface area (Å²) < 4.78 is 16.8. The molecule has 1 aromatic carbocycles. The molecule has 138 valence electrons. The number of furan rings is 1. The Morgan fingerprint density at radius 1 is 1.26 bits per heavy atom. The van der Waals surface area contributed by atoms with Gasteiger partial charge in [-0.05, 0) is 30.3 Å². The number of thiocarbonyl (C=S) groups is 1. The highest BCUT2D eigenvalue weighted by Gasteiger charge is 2.32. The van der Waals surface area contributed by atoms with Crippen LogP contribution in [0.2, 0.25) is 0 Å². The zero-order chi connectivity index (χ0) is 19.0. The number of fused-ring (bicyclic) bond motifs is 1. The predicted molar refractivity (Wildman–Crippen MR) is 102 cm³/mol. The molecule has 7 nitrogen and oxygen atoms in total. The van der Waals surface area contributed by atoms with Crippen molar-refractivity contribution in [3.05, 3.63) is 41.0 Å². The topological polar surface area (TPSA) is 89.2 Å². The number of carbonyl (C=O) groups excluding carboxylic acids is 1. The summed E-state index contributed by atoms with van der Waals surface area (Å²) in [6, 6.07) is 9.06. The Morgan fingerprint density at radius 3 is 2.89 bits per heavy atom. The van der Waals surface area contributed by atoms with Crippen molar-refractivity contribution >= 4 is 46.3 Å². The van der Waals surface area contributed by atoms with Crippen LogP contribution < -0.4 is 9.47 Å². The van der Waals surface area contributed by atoms with Crippen LogP contribution in [0.3, 0.4) is 0 Å². The lowest BCUT2D eigenvalue weighted by atomic mass is 10.1. The van der Waals surface area contributed by atoms with Crippen molar-refractivity contribution in [3.8, 4) is 22.8 Å². The zero-order valence-corrected chi connectivity index (χ0v) is 15.5. The average molecular weight is 403 g/mol. The van der Waals surface area contributed by atoms with E-state index in [1.54, 1.807) is 18.2 Å². The number of benzene rings is 1. The van der Waals surface area contributed by atoms with E-state index in [2.05, 4.69) is 0 Å². The minimum Gasteiger partial charge on any atom is -0.481 e. The van der Waals surface area contributed by atoms with Gasteiger partial charge in [0, 0.05) is 18.2 Å². The molecule has 0 unspecified atom stereocenters. The molecule has 2 aliphatic rings.